The van der Waals surface area contributed by atoms with Crippen LogP contribution < -0.4 is 11.1 Å². The summed E-state index contributed by atoms with van der Waals surface area (Å²) < 4.78 is 0. The molecule has 94 valence electrons. The number of benzene rings is 1. The van der Waals surface area contributed by atoms with Gasteiger partial charge in [0.2, 0.25) is 0 Å². The fourth-order valence-corrected chi connectivity index (χ4v) is 2.83. The van der Waals surface area contributed by atoms with E-state index in [9.17, 15) is 0 Å². The monoisotopic (exact) mass is 273 g/mol. The van der Waals surface area contributed by atoms with Crippen molar-refractivity contribution in [3.05, 3.63) is 22.2 Å². The molecule has 1 atom stereocenters. The van der Waals surface area contributed by atoms with Gasteiger partial charge in [0.05, 0.1) is 15.7 Å². The first kappa shape index (κ1) is 12.8. The minimum absolute atomic E-state index is 0.396. The Kier molecular flexibility index (Phi) is 4.02. The summed E-state index contributed by atoms with van der Waals surface area (Å²) in [4.78, 5) is 2.31. The largest absolute Gasteiger partial charge is 0.399 e. The third-order valence-corrected chi connectivity index (χ3v) is 3.63. The number of likely N-dealkylation sites (tertiary alicyclic amines) is 1. The molecular formula is C12H17Cl2N3. The highest BCUT2D eigenvalue weighted by molar-refractivity contribution is 6.39. The number of nitrogens with zero attached hydrogens (tertiary/aromatic N) is 1. The lowest BCUT2D eigenvalue weighted by Crippen LogP contribution is -2.39. The lowest BCUT2D eigenvalue weighted by molar-refractivity contribution is 0.261. The number of hydrogen-bond acceptors (Lipinski definition) is 3. The number of likely N-dealkylation sites (N-methyl/N-ethyl adjacent to an activating group) is 1. The summed E-state index contributed by atoms with van der Waals surface area (Å²) in [6.07, 6.45) is 2.33. The first-order valence-corrected chi connectivity index (χ1v) is 6.51. The molecule has 1 heterocycles. The van der Waals surface area contributed by atoms with Crippen molar-refractivity contribution in [2.24, 2.45) is 0 Å². The van der Waals surface area contributed by atoms with Gasteiger partial charge < -0.3 is 16.0 Å². The van der Waals surface area contributed by atoms with Crippen molar-refractivity contribution in [2.45, 2.75) is 18.9 Å². The van der Waals surface area contributed by atoms with Crippen LogP contribution in [0.3, 0.4) is 0 Å². The van der Waals surface area contributed by atoms with E-state index in [2.05, 4.69) is 17.3 Å². The summed E-state index contributed by atoms with van der Waals surface area (Å²) in [5.41, 5.74) is 7.06. The van der Waals surface area contributed by atoms with Crippen molar-refractivity contribution in [2.75, 3.05) is 31.2 Å². The lowest BCUT2D eigenvalue weighted by atomic mass is 10.1. The van der Waals surface area contributed by atoms with E-state index in [-0.39, 0.29) is 0 Å². The molecule has 17 heavy (non-hydrogen) atoms. The molecular weight excluding hydrogens is 257 g/mol. The standard InChI is InChI=1S/C12H17Cl2N3/c1-17-4-2-3-9(7-17)16-12-10(13)5-8(15)6-11(12)14/h5-6,9,16H,2-4,7,15H2,1H3. The average Bonchev–Trinajstić information content (AvgIpc) is 2.23. The Morgan fingerprint density at radius 2 is 2.00 bits per heavy atom. The van der Waals surface area contributed by atoms with Crippen molar-refractivity contribution in [3.63, 3.8) is 0 Å². The van der Waals surface area contributed by atoms with E-state index in [0.29, 0.717) is 21.8 Å². The number of piperidine rings is 1. The van der Waals surface area contributed by atoms with Crippen molar-refractivity contribution in [1.29, 1.82) is 0 Å². The average molecular weight is 274 g/mol. The summed E-state index contributed by atoms with van der Waals surface area (Å²) in [5, 5.41) is 4.59. The Morgan fingerprint density at radius 3 is 2.59 bits per heavy atom. The van der Waals surface area contributed by atoms with Gasteiger partial charge in [-0.05, 0) is 38.6 Å². The molecule has 0 aromatic heterocycles. The van der Waals surface area contributed by atoms with Gasteiger partial charge in [-0.15, -0.1) is 0 Å². The Labute approximate surface area is 112 Å². The first-order chi connectivity index (χ1) is 8.06. The Hall–Kier alpha value is -0.640. The van der Waals surface area contributed by atoms with E-state index < -0.39 is 0 Å². The molecule has 0 saturated carbocycles. The number of nitrogens with one attached hydrogen (secondary N) is 1. The van der Waals surface area contributed by atoms with Crippen LogP contribution in [0.5, 0.6) is 0 Å². The number of anilines is 2. The van der Waals surface area contributed by atoms with Crippen LogP contribution in [0.4, 0.5) is 11.4 Å². The van der Waals surface area contributed by atoms with Gasteiger partial charge in [0.25, 0.3) is 0 Å². The SMILES string of the molecule is CN1CCCC(Nc2c(Cl)cc(N)cc2Cl)C1. The molecule has 2 rings (SSSR count). The molecule has 3 N–H and O–H groups in total. The van der Waals surface area contributed by atoms with Gasteiger partial charge in [0, 0.05) is 18.3 Å². The fourth-order valence-electron chi connectivity index (χ4n) is 2.22. The van der Waals surface area contributed by atoms with Crippen LogP contribution in [0.1, 0.15) is 12.8 Å². The van der Waals surface area contributed by atoms with Gasteiger partial charge in [0.1, 0.15) is 0 Å². The highest BCUT2D eigenvalue weighted by atomic mass is 35.5. The van der Waals surface area contributed by atoms with Crippen LogP contribution in [0.15, 0.2) is 12.1 Å². The molecule has 1 fully saturated rings. The smallest absolute Gasteiger partial charge is 0.0723 e. The zero-order chi connectivity index (χ0) is 12.4. The lowest BCUT2D eigenvalue weighted by Gasteiger charge is -2.31. The van der Waals surface area contributed by atoms with E-state index in [1.54, 1.807) is 12.1 Å². The maximum absolute atomic E-state index is 6.15. The second-order valence-electron chi connectivity index (χ2n) is 4.61. The van der Waals surface area contributed by atoms with Gasteiger partial charge in [0.15, 0.2) is 0 Å². The molecule has 1 saturated heterocycles. The summed E-state index contributed by atoms with van der Waals surface area (Å²) >= 11 is 12.3. The van der Waals surface area contributed by atoms with Crippen LogP contribution in [0.2, 0.25) is 10.0 Å². The number of nitrogens with two attached hydrogens (primary N) is 1. The second-order valence-corrected chi connectivity index (χ2v) is 5.42. The fraction of sp³-hybridized carbons (Fsp3) is 0.500. The van der Waals surface area contributed by atoms with E-state index >= 15 is 0 Å². The predicted molar refractivity (Wildman–Crippen MR) is 75.0 cm³/mol. The molecule has 1 aliphatic rings. The van der Waals surface area contributed by atoms with Gasteiger partial charge >= 0.3 is 0 Å². The summed E-state index contributed by atoms with van der Waals surface area (Å²) in [7, 11) is 2.13. The number of halogens is 2. The van der Waals surface area contributed by atoms with E-state index in [1.807, 2.05) is 0 Å². The summed E-state index contributed by atoms with van der Waals surface area (Å²) in [6.45, 7) is 2.17. The van der Waals surface area contributed by atoms with Crippen LogP contribution in [0, 0.1) is 0 Å². The van der Waals surface area contributed by atoms with Gasteiger partial charge in [-0.2, -0.15) is 0 Å². The third-order valence-electron chi connectivity index (χ3n) is 3.04. The van der Waals surface area contributed by atoms with Gasteiger partial charge in [-0.1, -0.05) is 23.2 Å². The highest BCUT2D eigenvalue weighted by Gasteiger charge is 2.19. The maximum Gasteiger partial charge on any atom is 0.0723 e. The van der Waals surface area contributed by atoms with E-state index in [0.717, 1.165) is 25.2 Å². The molecule has 1 aromatic carbocycles. The third kappa shape index (κ3) is 3.18. The molecule has 0 spiro atoms. The molecule has 0 radical (unpaired) electrons. The van der Waals surface area contributed by atoms with Crippen molar-refractivity contribution < 1.29 is 0 Å². The van der Waals surface area contributed by atoms with Crippen LogP contribution in [0.25, 0.3) is 0 Å². The number of hydrogen-bond donors (Lipinski definition) is 2. The summed E-state index contributed by atoms with van der Waals surface area (Å²) in [5.74, 6) is 0. The molecule has 1 aromatic rings. The Morgan fingerprint density at radius 1 is 1.35 bits per heavy atom. The molecule has 5 heteroatoms. The minimum Gasteiger partial charge on any atom is -0.399 e. The minimum atomic E-state index is 0.396. The van der Waals surface area contributed by atoms with Crippen LogP contribution >= 0.6 is 23.2 Å². The molecule has 0 amide bonds. The normalized spacial score (nSPS) is 21.5. The Balaban J connectivity index is 2.12. The Bertz CT molecular complexity index is 386. The zero-order valence-electron chi connectivity index (χ0n) is 9.84. The molecule has 0 aliphatic carbocycles. The first-order valence-electron chi connectivity index (χ1n) is 5.76. The van der Waals surface area contributed by atoms with Gasteiger partial charge in [-0.3, -0.25) is 0 Å². The highest BCUT2D eigenvalue weighted by Crippen LogP contribution is 2.34. The predicted octanol–water partition coefficient (Wildman–Crippen LogP) is 3.08. The second kappa shape index (κ2) is 5.34. The van der Waals surface area contributed by atoms with E-state index in [4.69, 9.17) is 28.9 Å². The van der Waals surface area contributed by atoms with E-state index in [1.165, 1.54) is 6.42 Å². The van der Waals surface area contributed by atoms with Crippen molar-refractivity contribution in [3.8, 4) is 0 Å². The summed E-state index contributed by atoms with van der Waals surface area (Å²) in [6, 6.07) is 3.84. The topological polar surface area (TPSA) is 41.3 Å². The van der Waals surface area contributed by atoms with Crippen LogP contribution in [-0.2, 0) is 0 Å². The number of rotatable bonds is 2. The molecule has 0 bridgehead atoms. The van der Waals surface area contributed by atoms with Gasteiger partial charge in [-0.25, -0.2) is 0 Å². The number of nitrogen functional groups attached to an aromatic ring is 1. The van der Waals surface area contributed by atoms with Crippen molar-refractivity contribution >= 4 is 34.6 Å². The zero-order valence-corrected chi connectivity index (χ0v) is 11.4. The van der Waals surface area contributed by atoms with Crippen molar-refractivity contribution in [1.82, 2.24) is 4.90 Å². The molecule has 1 unspecified atom stereocenters. The van der Waals surface area contributed by atoms with Crippen LogP contribution in [-0.4, -0.2) is 31.1 Å². The molecule has 1 aliphatic heterocycles. The quantitative estimate of drug-likeness (QED) is 0.814. The maximum atomic E-state index is 6.15. The molecule has 3 nitrogen and oxygen atoms in total.